The van der Waals surface area contributed by atoms with Gasteiger partial charge in [0.25, 0.3) is 17.6 Å². The number of Topliss-reactive ketones (excluding diaryl/α,β-unsaturated/α-hetero) is 1. The van der Waals surface area contributed by atoms with Crippen LogP contribution in [0.4, 0.5) is 5.69 Å². The van der Waals surface area contributed by atoms with Gasteiger partial charge in [-0.15, -0.1) is 6.58 Å². The molecule has 0 radical (unpaired) electrons. The van der Waals surface area contributed by atoms with Crippen LogP contribution in [0, 0.1) is 0 Å². The molecule has 1 spiro atoms. The molecule has 1 fully saturated rings. The highest BCUT2D eigenvalue weighted by Gasteiger charge is 2.66. The summed E-state index contributed by atoms with van der Waals surface area (Å²) in [5.74, 6) is -1.92. The van der Waals surface area contributed by atoms with Gasteiger partial charge in [-0.05, 0) is 24.3 Å². The normalized spacial score (nSPS) is 22.1. The summed E-state index contributed by atoms with van der Waals surface area (Å²) in [5.41, 5.74) is -0.940. The third-order valence-electron chi connectivity index (χ3n) is 6.46. The number of fused-ring (bicyclic) bond motifs is 3. The molecule has 35 heavy (non-hydrogen) atoms. The second kappa shape index (κ2) is 8.59. The van der Waals surface area contributed by atoms with Crippen molar-refractivity contribution in [3.63, 3.8) is 0 Å². The zero-order valence-electron chi connectivity index (χ0n) is 19.2. The Morgan fingerprint density at radius 1 is 1.14 bits per heavy atom. The van der Waals surface area contributed by atoms with E-state index < -0.39 is 28.9 Å². The fourth-order valence-electron chi connectivity index (χ4n) is 4.99. The summed E-state index contributed by atoms with van der Waals surface area (Å²) in [5, 5.41) is 11.5. The van der Waals surface area contributed by atoms with E-state index in [0.717, 1.165) is 0 Å². The van der Waals surface area contributed by atoms with Crippen LogP contribution in [0.15, 0.2) is 60.7 Å². The summed E-state index contributed by atoms with van der Waals surface area (Å²) >= 11 is 0. The van der Waals surface area contributed by atoms with Crippen LogP contribution < -0.4 is 14.4 Å². The van der Waals surface area contributed by atoms with Crippen LogP contribution >= 0.6 is 0 Å². The van der Waals surface area contributed by atoms with Crippen LogP contribution in [0.1, 0.15) is 11.1 Å². The first-order valence-corrected chi connectivity index (χ1v) is 11.2. The zero-order chi connectivity index (χ0) is 24.7. The van der Waals surface area contributed by atoms with Gasteiger partial charge in [0.2, 0.25) is 0 Å². The van der Waals surface area contributed by atoms with E-state index in [0.29, 0.717) is 36.0 Å². The Kier molecular flexibility index (Phi) is 5.56. The van der Waals surface area contributed by atoms with Gasteiger partial charge in [0.1, 0.15) is 19.0 Å². The predicted octanol–water partition coefficient (Wildman–Crippen LogP) is 2.21. The first-order valence-electron chi connectivity index (χ1n) is 11.2. The highest BCUT2D eigenvalue weighted by molar-refractivity contribution is 6.50. The number of ketones is 1. The molecule has 9 nitrogen and oxygen atoms in total. The van der Waals surface area contributed by atoms with Gasteiger partial charge >= 0.3 is 0 Å². The van der Waals surface area contributed by atoms with Crippen molar-refractivity contribution in [3.8, 4) is 11.5 Å². The lowest BCUT2D eigenvalue weighted by atomic mass is 9.82. The van der Waals surface area contributed by atoms with Gasteiger partial charge in [0, 0.05) is 31.3 Å². The molecule has 2 aromatic carbocycles. The summed E-state index contributed by atoms with van der Waals surface area (Å²) in [7, 11) is 1.47. The molecule has 1 N–H and O–H groups in total. The number of aliphatic hydroxyl groups excluding tert-OH is 1. The molecule has 2 aromatic rings. The van der Waals surface area contributed by atoms with Crippen LogP contribution in [0.5, 0.6) is 11.5 Å². The van der Waals surface area contributed by atoms with Gasteiger partial charge in [0.05, 0.1) is 17.9 Å². The summed E-state index contributed by atoms with van der Waals surface area (Å²) in [6.45, 7) is 4.70. The quantitative estimate of drug-likeness (QED) is 0.295. The first-order chi connectivity index (χ1) is 17.0. The number of ether oxygens (including phenoxy) is 3. The van der Waals surface area contributed by atoms with Crippen molar-refractivity contribution >= 4 is 29.0 Å². The van der Waals surface area contributed by atoms with Crippen LogP contribution in [-0.2, 0) is 24.7 Å². The number of hydrogen-bond acceptors (Lipinski definition) is 7. The minimum Gasteiger partial charge on any atom is -0.507 e. The van der Waals surface area contributed by atoms with Crippen LogP contribution in [0.25, 0.3) is 5.76 Å². The molecule has 3 heterocycles. The number of hydrogen-bond donors (Lipinski definition) is 1. The molecule has 1 atom stereocenters. The minimum absolute atomic E-state index is 0.0268. The van der Waals surface area contributed by atoms with E-state index in [1.165, 1.54) is 23.0 Å². The maximum absolute atomic E-state index is 14.1. The van der Waals surface area contributed by atoms with Gasteiger partial charge in [-0.1, -0.05) is 24.3 Å². The lowest BCUT2D eigenvalue weighted by Crippen LogP contribution is -2.52. The Morgan fingerprint density at radius 2 is 1.89 bits per heavy atom. The Hall–Kier alpha value is -4.11. The van der Waals surface area contributed by atoms with E-state index in [9.17, 15) is 19.5 Å². The van der Waals surface area contributed by atoms with E-state index in [-0.39, 0.29) is 30.8 Å². The number of aliphatic hydroxyl groups is 1. The Bertz CT molecular complexity index is 1280. The highest BCUT2D eigenvalue weighted by atomic mass is 16.6. The average Bonchev–Trinajstić information content (AvgIpc) is 3.25. The predicted molar refractivity (Wildman–Crippen MR) is 126 cm³/mol. The molecule has 1 saturated heterocycles. The molecule has 3 aliphatic rings. The molecule has 0 bridgehead atoms. The summed E-state index contributed by atoms with van der Waals surface area (Å²) in [4.78, 5) is 43.6. The highest BCUT2D eigenvalue weighted by Crippen LogP contribution is 2.53. The Balaban J connectivity index is 1.78. The number of amides is 2. The molecule has 9 heteroatoms. The molecule has 0 aliphatic carbocycles. The lowest BCUT2D eigenvalue weighted by molar-refractivity contribution is -0.144. The number of carbonyl (C=O) groups is 3. The second-order valence-corrected chi connectivity index (χ2v) is 8.29. The van der Waals surface area contributed by atoms with Gasteiger partial charge in [-0.3, -0.25) is 14.4 Å². The molecular formula is C26H24N2O7. The smallest absolute Gasteiger partial charge is 0.296 e. The SMILES string of the molecule is C=CCN1C(=O)[C@]2(C(=C(O)c3ccc4c(c3)OCCO4)C(=O)C(=O)N2CCOC)c2ccccc21. The third-order valence-corrected chi connectivity index (χ3v) is 6.46. The monoisotopic (exact) mass is 476 g/mol. The summed E-state index contributed by atoms with van der Waals surface area (Å²) in [6, 6.07) is 11.6. The van der Waals surface area contributed by atoms with E-state index in [1.807, 2.05) is 0 Å². The van der Waals surface area contributed by atoms with Gasteiger partial charge in [-0.25, -0.2) is 0 Å². The molecule has 0 aromatic heterocycles. The molecule has 0 saturated carbocycles. The van der Waals surface area contributed by atoms with Crippen molar-refractivity contribution in [2.75, 3.05) is 44.9 Å². The van der Waals surface area contributed by atoms with Crippen molar-refractivity contribution in [1.29, 1.82) is 0 Å². The topological polar surface area (TPSA) is 106 Å². The van der Waals surface area contributed by atoms with E-state index in [1.54, 1.807) is 42.5 Å². The number of methoxy groups -OCH3 is 1. The molecular weight excluding hydrogens is 452 g/mol. The van der Waals surface area contributed by atoms with Gasteiger partial charge < -0.3 is 29.1 Å². The maximum atomic E-state index is 14.1. The Labute approximate surface area is 201 Å². The number of rotatable bonds is 6. The summed E-state index contributed by atoms with van der Waals surface area (Å²) < 4.78 is 16.3. The van der Waals surface area contributed by atoms with Gasteiger partial charge in [0.15, 0.2) is 17.0 Å². The number of anilines is 1. The largest absolute Gasteiger partial charge is 0.507 e. The van der Waals surface area contributed by atoms with E-state index in [4.69, 9.17) is 14.2 Å². The molecule has 5 rings (SSSR count). The first kappa shape index (κ1) is 22.7. The summed E-state index contributed by atoms with van der Waals surface area (Å²) in [6.07, 6.45) is 1.57. The van der Waals surface area contributed by atoms with E-state index in [2.05, 4.69) is 6.58 Å². The number of carbonyl (C=O) groups excluding carboxylic acids is 3. The second-order valence-electron chi connectivity index (χ2n) is 8.29. The third kappa shape index (κ3) is 3.15. The van der Waals surface area contributed by atoms with E-state index >= 15 is 0 Å². The van der Waals surface area contributed by atoms with Crippen molar-refractivity contribution in [2.24, 2.45) is 0 Å². The number of para-hydroxylation sites is 1. The molecule has 3 aliphatic heterocycles. The lowest BCUT2D eigenvalue weighted by Gasteiger charge is -2.34. The van der Waals surface area contributed by atoms with Crippen LogP contribution in [-0.4, -0.2) is 67.6 Å². The van der Waals surface area contributed by atoms with Crippen molar-refractivity contribution in [1.82, 2.24) is 4.90 Å². The maximum Gasteiger partial charge on any atom is 0.296 e. The average molecular weight is 476 g/mol. The van der Waals surface area contributed by atoms with Crippen LogP contribution in [0.2, 0.25) is 0 Å². The fourth-order valence-corrected chi connectivity index (χ4v) is 4.99. The molecule has 0 unspecified atom stereocenters. The fraction of sp³-hybridized carbons (Fsp3) is 0.269. The standard InChI is InChI=1S/C26H24N2O7/c1-3-10-27-18-7-5-4-6-17(18)26(25(27)32)21(23(30)24(31)28(26)11-12-33-2)22(29)16-8-9-19-20(15-16)35-14-13-34-19/h3-9,15,29H,1,10-14H2,2H3/t26-/m1/s1. The van der Waals surface area contributed by atoms with Crippen molar-refractivity contribution < 1.29 is 33.7 Å². The van der Waals surface area contributed by atoms with Gasteiger partial charge in [-0.2, -0.15) is 0 Å². The Morgan fingerprint density at radius 3 is 2.63 bits per heavy atom. The van der Waals surface area contributed by atoms with Crippen molar-refractivity contribution in [3.05, 3.63) is 71.8 Å². The zero-order valence-corrected chi connectivity index (χ0v) is 19.2. The molecule has 180 valence electrons. The molecule has 2 amide bonds. The number of nitrogens with zero attached hydrogens (tertiary/aromatic N) is 2. The number of benzene rings is 2. The van der Waals surface area contributed by atoms with Crippen LogP contribution in [0.3, 0.4) is 0 Å². The minimum atomic E-state index is -1.84. The number of likely N-dealkylation sites (tertiary alicyclic amines) is 1. The van der Waals surface area contributed by atoms with Crippen molar-refractivity contribution in [2.45, 2.75) is 5.54 Å².